The van der Waals surface area contributed by atoms with Crippen LogP contribution in [-0.4, -0.2) is 41.6 Å². The first-order valence-electron chi connectivity index (χ1n) is 5.02. The molecule has 1 fully saturated rings. The molecule has 0 bridgehead atoms. The van der Waals surface area contributed by atoms with Crippen LogP contribution < -0.4 is 10.6 Å². The van der Waals surface area contributed by atoms with Crippen molar-refractivity contribution < 1.29 is 27.6 Å². The Kier molecular flexibility index (Phi) is 3.28. The normalized spacial score (nSPS) is 24.5. The number of hydrogen-bond acceptors (Lipinski definition) is 3. The standard InChI is InChI=1S/C9H12F3N3O3/c1-4(2)5(16)13-8(9(10,11)12)6(17)15(3)7(18)14-8/h4H,1-3H3,(H,13,16)(H,14,18)/t8-/m1/s1. The highest BCUT2D eigenvalue weighted by molar-refractivity contribution is 6.08. The lowest BCUT2D eigenvalue weighted by atomic mass is 10.1. The van der Waals surface area contributed by atoms with E-state index in [1.165, 1.54) is 19.2 Å². The zero-order valence-electron chi connectivity index (χ0n) is 9.88. The van der Waals surface area contributed by atoms with Crippen molar-refractivity contribution in [3.05, 3.63) is 0 Å². The van der Waals surface area contributed by atoms with E-state index >= 15 is 0 Å². The summed E-state index contributed by atoms with van der Waals surface area (Å²) < 4.78 is 38.9. The van der Waals surface area contributed by atoms with Crippen molar-refractivity contribution in [1.82, 2.24) is 15.5 Å². The van der Waals surface area contributed by atoms with Crippen LogP contribution in [0.1, 0.15) is 13.8 Å². The molecular weight excluding hydrogens is 255 g/mol. The van der Waals surface area contributed by atoms with E-state index in [4.69, 9.17) is 0 Å². The van der Waals surface area contributed by atoms with Gasteiger partial charge in [0.1, 0.15) is 0 Å². The molecular formula is C9H12F3N3O3. The number of carbonyl (C=O) groups is 3. The van der Waals surface area contributed by atoms with Gasteiger partial charge in [-0.1, -0.05) is 13.8 Å². The Morgan fingerprint density at radius 3 is 2.17 bits per heavy atom. The number of halogens is 3. The molecule has 1 rings (SSSR count). The largest absolute Gasteiger partial charge is 0.440 e. The Balaban J connectivity index is 3.18. The number of likely N-dealkylation sites (N-methyl/N-ethyl adjacent to an activating group) is 1. The minimum Gasteiger partial charge on any atom is -0.318 e. The summed E-state index contributed by atoms with van der Waals surface area (Å²) in [7, 11) is 0.896. The number of nitrogens with one attached hydrogen (secondary N) is 2. The SMILES string of the molecule is CC(C)C(=O)N[C@@]1(C(F)(F)F)NC(=O)N(C)C1=O. The molecule has 9 heteroatoms. The maximum atomic E-state index is 13.0. The molecule has 2 N–H and O–H groups in total. The van der Waals surface area contributed by atoms with E-state index in [-0.39, 0.29) is 4.90 Å². The fourth-order valence-corrected chi connectivity index (χ4v) is 1.32. The highest BCUT2D eigenvalue weighted by Crippen LogP contribution is 2.33. The van der Waals surface area contributed by atoms with Crippen LogP contribution in [0.5, 0.6) is 0 Å². The average molecular weight is 267 g/mol. The van der Waals surface area contributed by atoms with Gasteiger partial charge in [-0.25, -0.2) is 4.79 Å². The number of amides is 4. The molecule has 1 aliphatic heterocycles. The zero-order chi connectivity index (χ0) is 14.3. The highest BCUT2D eigenvalue weighted by atomic mass is 19.4. The van der Waals surface area contributed by atoms with Crippen LogP contribution in [-0.2, 0) is 9.59 Å². The smallest absolute Gasteiger partial charge is 0.318 e. The molecule has 0 aliphatic carbocycles. The van der Waals surface area contributed by atoms with Crippen molar-refractivity contribution in [3.63, 3.8) is 0 Å². The Morgan fingerprint density at radius 2 is 1.89 bits per heavy atom. The predicted molar refractivity (Wildman–Crippen MR) is 53.1 cm³/mol. The molecule has 1 aliphatic rings. The number of alkyl halides is 3. The Bertz CT molecular complexity index is 408. The lowest BCUT2D eigenvalue weighted by Crippen LogP contribution is -2.70. The number of carbonyl (C=O) groups excluding carboxylic acids is 3. The van der Waals surface area contributed by atoms with Crippen LogP contribution in [0.15, 0.2) is 0 Å². The third kappa shape index (κ3) is 2.00. The summed E-state index contributed by atoms with van der Waals surface area (Å²) >= 11 is 0. The summed E-state index contributed by atoms with van der Waals surface area (Å²) in [6, 6.07) is -1.22. The first-order valence-corrected chi connectivity index (χ1v) is 5.02. The summed E-state index contributed by atoms with van der Waals surface area (Å²) in [6.45, 7) is 2.73. The Hall–Kier alpha value is -1.80. The summed E-state index contributed by atoms with van der Waals surface area (Å²) in [6.07, 6.45) is -5.13. The van der Waals surface area contributed by atoms with Gasteiger partial charge < -0.3 is 5.32 Å². The second-order valence-corrected chi connectivity index (χ2v) is 4.19. The number of nitrogens with zero attached hydrogens (tertiary/aromatic N) is 1. The molecule has 0 aromatic rings. The molecule has 1 atom stereocenters. The van der Waals surface area contributed by atoms with E-state index < -0.39 is 35.6 Å². The molecule has 0 saturated carbocycles. The summed E-state index contributed by atoms with van der Waals surface area (Å²) in [5.41, 5.74) is -3.37. The minimum atomic E-state index is -5.13. The van der Waals surface area contributed by atoms with Gasteiger partial charge in [0.05, 0.1) is 0 Å². The van der Waals surface area contributed by atoms with Crippen molar-refractivity contribution in [2.45, 2.75) is 25.7 Å². The number of rotatable bonds is 2. The van der Waals surface area contributed by atoms with Crippen molar-refractivity contribution >= 4 is 17.8 Å². The van der Waals surface area contributed by atoms with Gasteiger partial charge >= 0.3 is 12.2 Å². The Morgan fingerprint density at radius 1 is 1.39 bits per heavy atom. The first kappa shape index (κ1) is 14.3. The van der Waals surface area contributed by atoms with E-state index in [2.05, 4.69) is 0 Å². The molecule has 18 heavy (non-hydrogen) atoms. The third-order valence-electron chi connectivity index (χ3n) is 2.48. The molecule has 1 saturated heterocycles. The van der Waals surface area contributed by atoms with Crippen molar-refractivity contribution in [1.29, 1.82) is 0 Å². The van der Waals surface area contributed by atoms with Crippen LogP contribution >= 0.6 is 0 Å². The van der Waals surface area contributed by atoms with Gasteiger partial charge in [-0.05, 0) is 0 Å². The summed E-state index contributed by atoms with van der Waals surface area (Å²) in [5, 5.41) is 3.03. The van der Waals surface area contributed by atoms with Gasteiger partial charge in [0.2, 0.25) is 5.91 Å². The number of urea groups is 1. The van der Waals surface area contributed by atoms with Crippen LogP contribution in [0, 0.1) is 5.92 Å². The predicted octanol–water partition coefficient (Wildman–Crippen LogP) is 0.199. The van der Waals surface area contributed by atoms with E-state index in [1.807, 2.05) is 0 Å². The van der Waals surface area contributed by atoms with Gasteiger partial charge in [0, 0.05) is 13.0 Å². The van der Waals surface area contributed by atoms with E-state index in [1.54, 1.807) is 5.32 Å². The van der Waals surface area contributed by atoms with Crippen LogP contribution in [0.25, 0.3) is 0 Å². The minimum absolute atomic E-state index is 0.272. The van der Waals surface area contributed by atoms with E-state index in [9.17, 15) is 27.6 Å². The molecule has 0 spiro atoms. The quantitative estimate of drug-likeness (QED) is 0.701. The summed E-state index contributed by atoms with van der Waals surface area (Å²) in [5.74, 6) is -3.31. The van der Waals surface area contributed by atoms with E-state index in [0.29, 0.717) is 0 Å². The first-order chi connectivity index (χ1) is 8.03. The number of hydrogen-bond donors (Lipinski definition) is 2. The third-order valence-corrected chi connectivity index (χ3v) is 2.48. The fourth-order valence-electron chi connectivity index (χ4n) is 1.32. The maximum absolute atomic E-state index is 13.0. The Labute approximate surface area is 100 Å². The lowest BCUT2D eigenvalue weighted by Gasteiger charge is -2.30. The average Bonchev–Trinajstić information content (AvgIpc) is 2.43. The molecule has 0 aromatic carbocycles. The van der Waals surface area contributed by atoms with Crippen molar-refractivity contribution in [2.24, 2.45) is 5.92 Å². The second-order valence-electron chi connectivity index (χ2n) is 4.19. The van der Waals surface area contributed by atoms with Gasteiger partial charge in [-0.3, -0.25) is 19.8 Å². The maximum Gasteiger partial charge on any atom is 0.440 e. The molecule has 4 amide bonds. The highest BCUT2D eigenvalue weighted by Gasteiger charge is 2.68. The molecule has 0 unspecified atom stereocenters. The van der Waals surface area contributed by atoms with Crippen LogP contribution in [0.3, 0.4) is 0 Å². The van der Waals surface area contributed by atoms with E-state index in [0.717, 1.165) is 7.05 Å². The van der Waals surface area contributed by atoms with Crippen LogP contribution in [0.4, 0.5) is 18.0 Å². The molecule has 0 radical (unpaired) electrons. The topological polar surface area (TPSA) is 78.5 Å². The van der Waals surface area contributed by atoms with Crippen molar-refractivity contribution in [2.75, 3.05) is 7.05 Å². The molecule has 102 valence electrons. The summed E-state index contributed by atoms with van der Waals surface area (Å²) in [4.78, 5) is 34.3. The lowest BCUT2D eigenvalue weighted by molar-refractivity contribution is -0.204. The van der Waals surface area contributed by atoms with Gasteiger partial charge in [0.15, 0.2) is 0 Å². The monoisotopic (exact) mass is 267 g/mol. The zero-order valence-corrected chi connectivity index (χ0v) is 9.88. The fraction of sp³-hybridized carbons (Fsp3) is 0.667. The molecule has 6 nitrogen and oxygen atoms in total. The van der Waals surface area contributed by atoms with Gasteiger partial charge in [-0.2, -0.15) is 13.2 Å². The molecule has 1 heterocycles. The molecule has 0 aromatic heterocycles. The van der Waals surface area contributed by atoms with Crippen LogP contribution in [0.2, 0.25) is 0 Å². The second kappa shape index (κ2) is 4.14. The van der Waals surface area contributed by atoms with Gasteiger partial charge in [0.25, 0.3) is 11.6 Å². The van der Waals surface area contributed by atoms with Crippen molar-refractivity contribution in [3.8, 4) is 0 Å². The number of imide groups is 1. The van der Waals surface area contributed by atoms with Gasteiger partial charge in [-0.15, -0.1) is 0 Å².